The summed E-state index contributed by atoms with van der Waals surface area (Å²) in [6.07, 6.45) is 1.04. The molecule has 0 amide bonds. The number of nitrogens with zero attached hydrogens (tertiary/aromatic N) is 2. The van der Waals surface area contributed by atoms with Crippen LogP contribution in [-0.4, -0.2) is 17.0 Å². The molecule has 3 heteroatoms. The summed E-state index contributed by atoms with van der Waals surface area (Å²) < 4.78 is 0. The lowest BCUT2D eigenvalue weighted by molar-refractivity contribution is 0.679. The first-order chi connectivity index (χ1) is 9.17. The Hall–Kier alpha value is -1.90. The molecular formula is C16H21N3. The van der Waals surface area contributed by atoms with Crippen molar-refractivity contribution in [2.75, 3.05) is 12.4 Å². The molecule has 19 heavy (non-hydrogen) atoms. The molecule has 0 saturated carbocycles. The van der Waals surface area contributed by atoms with E-state index in [9.17, 15) is 0 Å². The maximum absolute atomic E-state index is 4.77. The standard InChI is InChI=1S/C16H21N3/c1-5-11(2)15-18-14(12(3)16(17-4)19-15)13-9-7-6-8-10-13/h6-11H,5H2,1-4H3,(H,17,18,19). The van der Waals surface area contributed by atoms with Gasteiger partial charge < -0.3 is 5.32 Å². The van der Waals surface area contributed by atoms with Gasteiger partial charge >= 0.3 is 0 Å². The Morgan fingerprint density at radius 3 is 2.42 bits per heavy atom. The first kappa shape index (κ1) is 13.5. The lowest BCUT2D eigenvalue weighted by Gasteiger charge is -2.15. The van der Waals surface area contributed by atoms with E-state index in [1.54, 1.807) is 0 Å². The summed E-state index contributed by atoms with van der Waals surface area (Å²) in [5.74, 6) is 2.20. The van der Waals surface area contributed by atoms with Gasteiger partial charge in [-0.2, -0.15) is 0 Å². The molecule has 1 N–H and O–H groups in total. The number of benzene rings is 1. The van der Waals surface area contributed by atoms with E-state index in [0.717, 1.165) is 34.9 Å². The average molecular weight is 255 g/mol. The zero-order valence-corrected chi connectivity index (χ0v) is 12.1. The number of hydrogen-bond acceptors (Lipinski definition) is 3. The lowest BCUT2D eigenvalue weighted by Crippen LogP contribution is -2.07. The summed E-state index contributed by atoms with van der Waals surface area (Å²) >= 11 is 0. The predicted octanol–water partition coefficient (Wildman–Crippen LogP) is 4.01. The van der Waals surface area contributed by atoms with E-state index < -0.39 is 0 Å². The maximum Gasteiger partial charge on any atom is 0.134 e. The first-order valence-electron chi connectivity index (χ1n) is 6.79. The smallest absolute Gasteiger partial charge is 0.134 e. The van der Waals surface area contributed by atoms with Gasteiger partial charge in [0.1, 0.15) is 11.6 Å². The second-order valence-electron chi connectivity index (χ2n) is 4.83. The van der Waals surface area contributed by atoms with Crippen molar-refractivity contribution in [2.24, 2.45) is 0 Å². The maximum atomic E-state index is 4.77. The van der Waals surface area contributed by atoms with Crippen molar-refractivity contribution >= 4 is 5.82 Å². The van der Waals surface area contributed by atoms with Gasteiger partial charge in [-0.3, -0.25) is 0 Å². The molecule has 0 saturated heterocycles. The highest BCUT2D eigenvalue weighted by Crippen LogP contribution is 2.28. The summed E-state index contributed by atoms with van der Waals surface area (Å²) in [5.41, 5.74) is 3.26. The SMILES string of the molecule is CCC(C)c1nc(NC)c(C)c(-c2ccccc2)n1. The molecule has 1 aromatic heterocycles. The van der Waals surface area contributed by atoms with Gasteiger partial charge in [-0.25, -0.2) is 9.97 Å². The van der Waals surface area contributed by atoms with E-state index in [0.29, 0.717) is 5.92 Å². The van der Waals surface area contributed by atoms with Crippen LogP contribution in [0.15, 0.2) is 30.3 Å². The van der Waals surface area contributed by atoms with Crippen molar-refractivity contribution in [3.05, 3.63) is 41.7 Å². The second kappa shape index (κ2) is 5.83. The molecule has 2 rings (SSSR count). The molecule has 0 bridgehead atoms. The zero-order chi connectivity index (χ0) is 13.8. The van der Waals surface area contributed by atoms with Crippen LogP contribution in [0.1, 0.15) is 37.6 Å². The van der Waals surface area contributed by atoms with Gasteiger partial charge in [-0.05, 0) is 13.3 Å². The molecule has 0 radical (unpaired) electrons. The van der Waals surface area contributed by atoms with Crippen LogP contribution in [0.4, 0.5) is 5.82 Å². The third kappa shape index (κ3) is 2.75. The van der Waals surface area contributed by atoms with Gasteiger partial charge in [-0.1, -0.05) is 44.2 Å². The second-order valence-corrected chi connectivity index (χ2v) is 4.83. The molecule has 1 unspecified atom stereocenters. The van der Waals surface area contributed by atoms with Crippen molar-refractivity contribution in [3.63, 3.8) is 0 Å². The Morgan fingerprint density at radius 2 is 1.84 bits per heavy atom. The molecule has 1 heterocycles. The summed E-state index contributed by atoms with van der Waals surface area (Å²) in [7, 11) is 1.91. The molecule has 3 nitrogen and oxygen atoms in total. The Morgan fingerprint density at radius 1 is 1.16 bits per heavy atom. The summed E-state index contributed by atoms with van der Waals surface area (Å²) in [6, 6.07) is 10.3. The molecule has 100 valence electrons. The van der Waals surface area contributed by atoms with Crippen molar-refractivity contribution < 1.29 is 0 Å². The third-order valence-electron chi connectivity index (χ3n) is 3.50. The van der Waals surface area contributed by atoms with Crippen LogP contribution in [0.3, 0.4) is 0 Å². The number of aromatic nitrogens is 2. The Balaban J connectivity index is 2.59. The van der Waals surface area contributed by atoms with E-state index >= 15 is 0 Å². The monoisotopic (exact) mass is 255 g/mol. The largest absolute Gasteiger partial charge is 0.373 e. The fraction of sp³-hybridized carbons (Fsp3) is 0.375. The van der Waals surface area contributed by atoms with Crippen molar-refractivity contribution in [3.8, 4) is 11.3 Å². The van der Waals surface area contributed by atoms with Crippen LogP contribution in [-0.2, 0) is 0 Å². The number of rotatable bonds is 4. The molecule has 2 aromatic rings. The van der Waals surface area contributed by atoms with Crippen molar-refractivity contribution in [1.82, 2.24) is 9.97 Å². The minimum Gasteiger partial charge on any atom is -0.373 e. The highest BCUT2D eigenvalue weighted by molar-refractivity contribution is 5.68. The highest BCUT2D eigenvalue weighted by Gasteiger charge is 2.14. The molecule has 0 aliphatic rings. The van der Waals surface area contributed by atoms with Crippen LogP contribution in [0.2, 0.25) is 0 Å². The van der Waals surface area contributed by atoms with Gasteiger partial charge in [0.25, 0.3) is 0 Å². The normalized spacial score (nSPS) is 12.2. The van der Waals surface area contributed by atoms with E-state index in [1.807, 2.05) is 25.2 Å². The number of nitrogens with one attached hydrogen (secondary N) is 1. The van der Waals surface area contributed by atoms with E-state index in [1.165, 1.54) is 0 Å². The number of hydrogen-bond donors (Lipinski definition) is 1. The van der Waals surface area contributed by atoms with Gasteiger partial charge in [-0.15, -0.1) is 0 Å². The number of anilines is 1. The fourth-order valence-corrected chi connectivity index (χ4v) is 2.06. The molecule has 0 fully saturated rings. The average Bonchev–Trinajstić information content (AvgIpc) is 2.47. The van der Waals surface area contributed by atoms with E-state index in [-0.39, 0.29) is 0 Å². The molecule has 0 aliphatic heterocycles. The van der Waals surface area contributed by atoms with Gasteiger partial charge in [0, 0.05) is 24.1 Å². The highest BCUT2D eigenvalue weighted by atomic mass is 15.0. The lowest BCUT2D eigenvalue weighted by atomic mass is 10.0. The molecule has 0 aliphatic carbocycles. The topological polar surface area (TPSA) is 37.8 Å². The summed E-state index contributed by atoms with van der Waals surface area (Å²) in [6.45, 7) is 6.39. The molecule has 1 aromatic carbocycles. The van der Waals surface area contributed by atoms with Crippen LogP contribution in [0.25, 0.3) is 11.3 Å². The quantitative estimate of drug-likeness (QED) is 0.897. The Kier molecular flexibility index (Phi) is 4.15. The van der Waals surface area contributed by atoms with Gasteiger partial charge in [0.2, 0.25) is 0 Å². The Bertz CT molecular complexity index is 549. The van der Waals surface area contributed by atoms with Crippen molar-refractivity contribution in [2.45, 2.75) is 33.1 Å². The first-order valence-corrected chi connectivity index (χ1v) is 6.79. The Labute approximate surface area is 115 Å². The molecule has 1 atom stereocenters. The third-order valence-corrected chi connectivity index (χ3v) is 3.50. The van der Waals surface area contributed by atoms with Gasteiger partial charge in [0.05, 0.1) is 5.69 Å². The van der Waals surface area contributed by atoms with Crippen molar-refractivity contribution in [1.29, 1.82) is 0 Å². The summed E-state index contributed by atoms with van der Waals surface area (Å²) in [4.78, 5) is 9.40. The summed E-state index contributed by atoms with van der Waals surface area (Å²) in [5, 5.41) is 3.17. The molecular weight excluding hydrogens is 234 g/mol. The van der Waals surface area contributed by atoms with Crippen LogP contribution >= 0.6 is 0 Å². The zero-order valence-electron chi connectivity index (χ0n) is 12.1. The van der Waals surface area contributed by atoms with Gasteiger partial charge in [0.15, 0.2) is 0 Å². The van der Waals surface area contributed by atoms with E-state index in [2.05, 4.69) is 43.2 Å². The van der Waals surface area contributed by atoms with E-state index in [4.69, 9.17) is 4.98 Å². The predicted molar refractivity (Wildman–Crippen MR) is 80.5 cm³/mol. The van der Waals surface area contributed by atoms with Crippen LogP contribution in [0.5, 0.6) is 0 Å². The van der Waals surface area contributed by atoms with Crippen LogP contribution in [0, 0.1) is 6.92 Å². The van der Waals surface area contributed by atoms with Crippen LogP contribution < -0.4 is 5.32 Å². The molecule has 0 spiro atoms. The fourth-order valence-electron chi connectivity index (χ4n) is 2.06. The minimum atomic E-state index is 0.371. The minimum absolute atomic E-state index is 0.371.